The number of hydrogen-bond donors (Lipinski definition) is 1. The van der Waals surface area contributed by atoms with Gasteiger partial charge in [0, 0.05) is 18.3 Å². The highest BCUT2D eigenvalue weighted by molar-refractivity contribution is 5.99. The Labute approximate surface area is 158 Å². The summed E-state index contributed by atoms with van der Waals surface area (Å²) in [5.74, 6) is 1.07. The Hall–Kier alpha value is -3.28. The van der Waals surface area contributed by atoms with Crippen molar-refractivity contribution in [1.29, 1.82) is 0 Å². The van der Waals surface area contributed by atoms with Gasteiger partial charge in [-0.3, -0.25) is 9.59 Å². The summed E-state index contributed by atoms with van der Waals surface area (Å²) in [6.07, 6.45) is 0.252. The number of methoxy groups -OCH3 is 1. The highest BCUT2D eigenvalue weighted by Gasteiger charge is 2.25. The Morgan fingerprint density at radius 3 is 2.67 bits per heavy atom. The maximum absolute atomic E-state index is 12.3. The van der Waals surface area contributed by atoms with Crippen LogP contribution in [-0.2, 0) is 16.0 Å². The predicted molar refractivity (Wildman–Crippen MR) is 104 cm³/mol. The van der Waals surface area contributed by atoms with Crippen LogP contribution in [0.5, 0.6) is 11.5 Å². The number of fused-ring (bicyclic) bond motifs is 1. The van der Waals surface area contributed by atoms with Crippen LogP contribution in [0.3, 0.4) is 0 Å². The lowest BCUT2D eigenvalue weighted by molar-refractivity contribution is -0.121. The van der Waals surface area contributed by atoms with Gasteiger partial charge in [0.25, 0.3) is 5.91 Å². The molecule has 6 heteroatoms. The SMILES string of the molecule is C=C(C)CN1C(=O)COc2cc(NC(=O)Cc3ccc(OC)cc3)ccc21. The van der Waals surface area contributed by atoms with E-state index in [1.54, 1.807) is 30.2 Å². The van der Waals surface area contributed by atoms with Crippen LogP contribution in [-0.4, -0.2) is 32.1 Å². The minimum absolute atomic E-state index is 0.0243. The van der Waals surface area contributed by atoms with Gasteiger partial charge in [0.15, 0.2) is 6.61 Å². The zero-order valence-electron chi connectivity index (χ0n) is 15.5. The minimum Gasteiger partial charge on any atom is -0.497 e. The largest absolute Gasteiger partial charge is 0.497 e. The van der Waals surface area contributed by atoms with E-state index in [0.717, 1.165) is 16.9 Å². The minimum atomic E-state index is -0.134. The maximum Gasteiger partial charge on any atom is 0.265 e. The molecule has 3 rings (SSSR count). The van der Waals surface area contributed by atoms with Crippen LogP contribution in [0.25, 0.3) is 0 Å². The maximum atomic E-state index is 12.3. The smallest absolute Gasteiger partial charge is 0.265 e. The number of ether oxygens (including phenoxy) is 2. The normalized spacial score (nSPS) is 12.8. The first-order valence-corrected chi connectivity index (χ1v) is 8.60. The van der Waals surface area contributed by atoms with Crippen molar-refractivity contribution in [2.75, 3.05) is 30.5 Å². The second-order valence-electron chi connectivity index (χ2n) is 6.48. The molecule has 1 heterocycles. The highest BCUT2D eigenvalue weighted by Crippen LogP contribution is 2.34. The van der Waals surface area contributed by atoms with Crippen LogP contribution < -0.4 is 19.7 Å². The molecule has 0 bridgehead atoms. The number of anilines is 2. The Balaban J connectivity index is 1.70. The van der Waals surface area contributed by atoms with Crippen molar-refractivity contribution >= 4 is 23.2 Å². The van der Waals surface area contributed by atoms with Crippen LogP contribution >= 0.6 is 0 Å². The molecule has 1 aliphatic heterocycles. The fraction of sp³-hybridized carbons (Fsp3) is 0.238. The first kappa shape index (κ1) is 18.5. The monoisotopic (exact) mass is 366 g/mol. The molecule has 2 amide bonds. The van der Waals surface area contributed by atoms with E-state index in [1.807, 2.05) is 31.2 Å². The Kier molecular flexibility index (Phi) is 5.45. The zero-order valence-corrected chi connectivity index (χ0v) is 15.5. The van der Waals surface area contributed by atoms with Crippen molar-refractivity contribution < 1.29 is 19.1 Å². The zero-order chi connectivity index (χ0) is 19.4. The number of rotatable bonds is 6. The van der Waals surface area contributed by atoms with Gasteiger partial charge in [-0.15, -0.1) is 0 Å². The average Bonchev–Trinajstić information content (AvgIpc) is 2.64. The molecule has 27 heavy (non-hydrogen) atoms. The van der Waals surface area contributed by atoms with Gasteiger partial charge in [0.05, 0.1) is 19.2 Å². The topological polar surface area (TPSA) is 67.9 Å². The van der Waals surface area contributed by atoms with Crippen molar-refractivity contribution in [3.05, 3.63) is 60.2 Å². The second-order valence-corrected chi connectivity index (χ2v) is 6.48. The molecule has 0 fully saturated rings. The molecule has 0 atom stereocenters. The molecule has 0 unspecified atom stereocenters. The van der Waals surface area contributed by atoms with Gasteiger partial charge < -0.3 is 19.7 Å². The summed E-state index contributed by atoms with van der Waals surface area (Å²) < 4.78 is 10.6. The van der Waals surface area contributed by atoms with Crippen LogP contribution in [0.1, 0.15) is 12.5 Å². The van der Waals surface area contributed by atoms with Gasteiger partial charge >= 0.3 is 0 Å². The predicted octanol–water partition coefficient (Wildman–Crippen LogP) is 3.18. The molecule has 6 nitrogen and oxygen atoms in total. The van der Waals surface area contributed by atoms with Crippen molar-refractivity contribution in [1.82, 2.24) is 0 Å². The molecule has 2 aromatic rings. The lowest BCUT2D eigenvalue weighted by Gasteiger charge is -2.29. The van der Waals surface area contributed by atoms with E-state index in [2.05, 4.69) is 11.9 Å². The van der Waals surface area contributed by atoms with E-state index < -0.39 is 0 Å². The first-order valence-electron chi connectivity index (χ1n) is 8.60. The number of nitrogens with one attached hydrogen (secondary N) is 1. The summed E-state index contributed by atoms with van der Waals surface area (Å²) in [6, 6.07) is 12.6. The molecule has 0 aromatic heterocycles. The molecule has 0 saturated carbocycles. The number of hydrogen-bond acceptors (Lipinski definition) is 4. The molecule has 1 N–H and O–H groups in total. The van der Waals surface area contributed by atoms with Gasteiger partial charge in [-0.25, -0.2) is 0 Å². The number of carbonyl (C=O) groups is 2. The number of benzene rings is 2. The van der Waals surface area contributed by atoms with E-state index in [0.29, 0.717) is 23.7 Å². The highest BCUT2D eigenvalue weighted by atomic mass is 16.5. The van der Waals surface area contributed by atoms with Gasteiger partial charge in [-0.1, -0.05) is 24.3 Å². The van der Waals surface area contributed by atoms with Crippen molar-refractivity contribution in [3.63, 3.8) is 0 Å². The van der Waals surface area contributed by atoms with Crippen LogP contribution in [0.15, 0.2) is 54.6 Å². The van der Waals surface area contributed by atoms with Crippen LogP contribution in [0.2, 0.25) is 0 Å². The average molecular weight is 366 g/mol. The first-order chi connectivity index (χ1) is 13.0. The van der Waals surface area contributed by atoms with E-state index in [1.165, 1.54) is 0 Å². The van der Waals surface area contributed by atoms with Crippen LogP contribution in [0.4, 0.5) is 11.4 Å². The number of nitrogens with zero attached hydrogens (tertiary/aromatic N) is 1. The molecule has 140 valence electrons. The Morgan fingerprint density at radius 1 is 1.26 bits per heavy atom. The summed E-state index contributed by atoms with van der Waals surface area (Å²) >= 11 is 0. The third kappa shape index (κ3) is 4.47. The molecular formula is C21H22N2O4. The molecular weight excluding hydrogens is 344 g/mol. The second kappa shape index (κ2) is 7.95. The van der Waals surface area contributed by atoms with Crippen molar-refractivity contribution in [2.24, 2.45) is 0 Å². The lowest BCUT2D eigenvalue weighted by Crippen LogP contribution is -2.39. The van der Waals surface area contributed by atoms with E-state index in [9.17, 15) is 9.59 Å². The molecule has 0 radical (unpaired) electrons. The van der Waals surface area contributed by atoms with Gasteiger partial charge in [-0.05, 0) is 36.8 Å². The third-order valence-corrected chi connectivity index (χ3v) is 4.14. The summed E-state index contributed by atoms with van der Waals surface area (Å²) in [5, 5.41) is 2.86. The quantitative estimate of drug-likeness (QED) is 0.798. The number of amides is 2. The Bertz CT molecular complexity index is 874. The van der Waals surface area contributed by atoms with Gasteiger partial charge in [0.2, 0.25) is 5.91 Å². The van der Waals surface area contributed by atoms with E-state index in [4.69, 9.17) is 9.47 Å². The summed E-state index contributed by atoms with van der Waals surface area (Å²) in [5.41, 5.74) is 3.08. The van der Waals surface area contributed by atoms with E-state index in [-0.39, 0.29) is 24.8 Å². The summed E-state index contributed by atoms with van der Waals surface area (Å²) in [7, 11) is 1.60. The Morgan fingerprint density at radius 2 is 2.00 bits per heavy atom. The molecule has 0 aliphatic carbocycles. The fourth-order valence-corrected chi connectivity index (χ4v) is 2.86. The summed E-state index contributed by atoms with van der Waals surface area (Å²) in [6.45, 7) is 6.15. The van der Waals surface area contributed by atoms with E-state index >= 15 is 0 Å². The standard InChI is InChI=1S/C21H22N2O4/c1-14(2)12-23-18-9-6-16(11-19(18)27-13-21(23)25)22-20(24)10-15-4-7-17(26-3)8-5-15/h4-9,11H,1,10,12-13H2,2-3H3,(H,22,24). The fourth-order valence-electron chi connectivity index (χ4n) is 2.86. The van der Waals surface area contributed by atoms with Crippen molar-refractivity contribution in [3.8, 4) is 11.5 Å². The van der Waals surface area contributed by atoms with Crippen molar-refractivity contribution in [2.45, 2.75) is 13.3 Å². The molecule has 2 aromatic carbocycles. The summed E-state index contributed by atoms with van der Waals surface area (Å²) in [4.78, 5) is 26.0. The molecule has 0 spiro atoms. The lowest BCUT2D eigenvalue weighted by atomic mass is 10.1. The third-order valence-electron chi connectivity index (χ3n) is 4.14. The number of carbonyl (C=O) groups excluding carboxylic acids is 2. The molecule has 0 saturated heterocycles. The van der Waals surface area contributed by atoms with Gasteiger partial charge in [0.1, 0.15) is 11.5 Å². The van der Waals surface area contributed by atoms with Gasteiger partial charge in [-0.2, -0.15) is 0 Å². The van der Waals surface area contributed by atoms with Crippen LogP contribution in [0, 0.1) is 0 Å². The molecule has 1 aliphatic rings.